The number of non-ortho nitro benzene ring substituents is 1. The van der Waals surface area contributed by atoms with Crippen LogP contribution in [-0.2, 0) is 6.54 Å². The highest BCUT2D eigenvalue weighted by molar-refractivity contribution is 6.42. The first-order chi connectivity index (χ1) is 13.9. The number of nitrogens with one attached hydrogen (secondary N) is 1. The molecule has 29 heavy (non-hydrogen) atoms. The van der Waals surface area contributed by atoms with Crippen molar-refractivity contribution < 1.29 is 4.92 Å². The number of nitrogens with zero attached hydrogens (tertiary/aromatic N) is 6. The van der Waals surface area contributed by atoms with E-state index in [1.54, 1.807) is 47.8 Å². The molecule has 9 nitrogen and oxygen atoms in total. The van der Waals surface area contributed by atoms with Crippen molar-refractivity contribution in [2.75, 3.05) is 5.12 Å². The van der Waals surface area contributed by atoms with Gasteiger partial charge < -0.3 is 0 Å². The first kappa shape index (κ1) is 19.3. The van der Waals surface area contributed by atoms with E-state index in [-0.39, 0.29) is 5.69 Å². The maximum absolute atomic E-state index is 10.9. The Hall–Kier alpha value is -3.01. The summed E-state index contributed by atoms with van der Waals surface area (Å²) in [4.78, 5) is 10.5. The zero-order valence-electron chi connectivity index (χ0n) is 14.5. The predicted octanol–water partition coefficient (Wildman–Crippen LogP) is 4.20. The molecule has 0 saturated heterocycles. The van der Waals surface area contributed by atoms with Crippen molar-refractivity contribution in [3.05, 3.63) is 86.1 Å². The van der Waals surface area contributed by atoms with Crippen LogP contribution in [-0.4, -0.2) is 25.1 Å². The van der Waals surface area contributed by atoms with E-state index in [4.69, 9.17) is 35.0 Å². The lowest BCUT2D eigenvalue weighted by Gasteiger charge is -2.29. The summed E-state index contributed by atoms with van der Waals surface area (Å²) < 4.78 is 1.15. The van der Waals surface area contributed by atoms with E-state index in [1.807, 2.05) is 5.01 Å². The minimum atomic E-state index is -0.440. The smallest absolute Gasteiger partial charge is 0.258 e. The van der Waals surface area contributed by atoms with E-state index in [0.29, 0.717) is 28.1 Å². The van der Waals surface area contributed by atoms with Gasteiger partial charge in [-0.1, -0.05) is 35.3 Å². The van der Waals surface area contributed by atoms with Crippen LogP contribution in [0.3, 0.4) is 0 Å². The number of aromatic nitrogens is 2. The van der Waals surface area contributed by atoms with E-state index in [1.165, 1.54) is 12.1 Å². The van der Waals surface area contributed by atoms with Crippen molar-refractivity contribution in [1.82, 2.24) is 19.8 Å². The minimum absolute atomic E-state index is 0.0203. The third-order valence-electron chi connectivity index (χ3n) is 4.18. The van der Waals surface area contributed by atoms with E-state index >= 15 is 0 Å². The molecule has 1 aliphatic rings. The van der Waals surface area contributed by atoms with Gasteiger partial charge in [0.25, 0.3) is 5.69 Å². The summed E-state index contributed by atoms with van der Waals surface area (Å²) in [5, 5.41) is 23.6. The number of benzene rings is 2. The van der Waals surface area contributed by atoms with E-state index < -0.39 is 4.92 Å². The lowest BCUT2D eigenvalue weighted by Crippen LogP contribution is -2.45. The molecule has 0 spiro atoms. The Kier molecular flexibility index (Phi) is 5.18. The van der Waals surface area contributed by atoms with Gasteiger partial charge in [0, 0.05) is 29.5 Å². The Morgan fingerprint density at radius 2 is 1.86 bits per heavy atom. The van der Waals surface area contributed by atoms with Gasteiger partial charge in [0.2, 0.25) is 0 Å². The molecular weight excluding hydrogens is 441 g/mol. The number of halogens is 3. The second-order valence-electron chi connectivity index (χ2n) is 6.04. The molecule has 1 aliphatic heterocycles. The van der Waals surface area contributed by atoms with Crippen LogP contribution in [0.1, 0.15) is 11.1 Å². The zero-order valence-corrected chi connectivity index (χ0v) is 16.8. The van der Waals surface area contributed by atoms with Crippen LogP contribution in [0.25, 0.3) is 0 Å². The highest BCUT2D eigenvalue weighted by Crippen LogP contribution is 2.27. The Balaban J connectivity index is 1.68. The second kappa shape index (κ2) is 7.78. The molecule has 12 heteroatoms. The lowest BCUT2D eigenvalue weighted by molar-refractivity contribution is -0.384. The lowest BCUT2D eigenvalue weighted by atomic mass is 10.1. The summed E-state index contributed by atoms with van der Waals surface area (Å²) in [6.45, 7) is 0.359. The fraction of sp³-hybridized carbons (Fsp3) is 0.0588. The molecule has 3 aromatic rings. The van der Waals surface area contributed by atoms with Crippen LogP contribution in [0.5, 0.6) is 0 Å². The standard InChI is InChI=1S/C17H12Cl3N7O2/c18-15-6-3-12(7-16(15)19)17-22-23-26(14-8-21-25(20)10-14)24(17)9-11-1-4-13(5-2-11)27(28)29/h1-8,10,23H,9H2. The third-order valence-corrected chi connectivity index (χ3v) is 5.10. The summed E-state index contributed by atoms with van der Waals surface area (Å²) in [6, 6.07) is 11.5. The summed E-state index contributed by atoms with van der Waals surface area (Å²) in [6.07, 6.45) is 3.17. The molecule has 0 bridgehead atoms. The van der Waals surface area contributed by atoms with Crippen molar-refractivity contribution >= 4 is 52.2 Å². The van der Waals surface area contributed by atoms with Gasteiger partial charge >= 0.3 is 0 Å². The highest BCUT2D eigenvalue weighted by atomic mass is 35.5. The van der Waals surface area contributed by atoms with Crippen LogP contribution in [0.4, 0.5) is 11.4 Å². The first-order valence-electron chi connectivity index (χ1n) is 8.23. The van der Waals surface area contributed by atoms with Crippen LogP contribution in [0.15, 0.2) is 60.0 Å². The van der Waals surface area contributed by atoms with E-state index in [2.05, 4.69) is 15.7 Å². The second-order valence-corrected chi connectivity index (χ2v) is 7.21. The fourth-order valence-electron chi connectivity index (χ4n) is 2.79. The molecular formula is C17H12Cl3N7O2. The SMILES string of the molecule is O=[N+]([O-])c1ccc(CN2C(c3ccc(Cl)c(Cl)c3)=NNN2c2cnn(Cl)c2)cc1. The number of nitro benzene ring substituents is 1. The molecule has 0 amide bonds. The molecule has 0 unspecified atom stereocenters. The van der Waals surface area contributed by atoms with Crippen LogP contribution >= 0.6 is 35.0 Å². The average Bonchev–Trinajstić information content (AvgIpc) is 3.30. The predicted molar refractivity (Wildman–Crippen MR) is 111 cm³/mol. The molecule has 0 atom stereocenters. The molecule has 0 saturated carbocycles. The quantitative estimate of drug-likeness (QED) is 0.461. The number of amidine groups is 1. The highest BCUT2D eigenvalue weighted by Gasteiger charge is 2.29. The van der Waals surface area contributed by atoms with Gasteiger partial charge in [-0.05, 0) is 23.8 Å². The maximum atomic E-state index is 10.9. The summed E-state index contributed by atoms with van der Waals surface area (Å²) in [7, 11) is 0. The molecule has 148 valence electrons. The van der Waals surface area contributed by atoms with Crippen molar-refractivity contribution in [3.63, 3.8) is 0 Å². The van der Waals surface area contributed by atoms with Crippen molar-refractivity contribution in [2.24, 2.45) is 5.10 Å². The molecule has 4 rings (SSSR count). The van der Waals surface area contributed by atoms with Crippen LogP contribution in [0.2, 0.25) is 10.0 Å². The molecule has 0 radical (unpaired) electrons. The van der Waals surface area contributed by atoms with Gasteiger partial charge in [0.1, 0.15) is 5.69 Å². The van der Waals surface area contributed by atoms with Gasteiger partial charge in [-0.2, -0.15) is 20.0 Å². The normalized spacial score (nSPS) is 13.4. The van der Waals surface area contributed by atoms with E-state index in [0.717, 1.165) is 15.3 Å². The van der Waals surface area contributed by atoms with Crippen LogP contribution < -0.4 is 10.7 Å². The number of rotatable bonds is 5. The van der Waals surface area contributed by atoms with Crippen molar-refractivity contribution in [3.8, 4) is 0 Å². The van der Waals surface area contributed by atoms with E-state index in [9.17, 15) is 10.1 Å². The number of nitro groups is 1. The monoisotopic (exact) mass is 451 g/mol. The van der Waals surface area contributed by atoms with Gasteiger partial charge in [-0.3, -0.25) is 10.1 Å². The largest absolute Gasteiger partial charge is 0.269 e. The molecule has 0 aliphatic carbocycles. The maximum Gasteiger partial charge on any atom is 0.269 e. The first-order valence-corrected chi connectivity index (χ1v) is 9.32. The van der Waals surface area contributed by atoms with Crippen molar-refractivity contribution in [1.29, 1.82) is 0 Å². The average molecular weight is 453 g/mol. The molecule has 1 aromatic heterocycles. The van der Waals surface area contributed by atoms with Gasteiger partial charge in [0.15, 0.2) is 5.84 Å². The van der Waals surface area contributed by atoms with Gasteiger partial charge in [-0.25, -0.2) is 5.01 Å². The molecule has 2 heterocycles. The van der Waals surface area contributed by atoms with Gasteiger partial charge in [-0.15, -0.1) is 5.10 Å². The Bertz CT molecular complexity index is 1100. The topological polar surface area (TPSA) is 91.8 Å². The number of hydrazine groups is 2. The summed E-state index contributed by atoms with van der Waals surface area (Å²) >= 11 is 18.1. The zero-order chi connectivity index (χ0) is 20.5. The van der Waals surface area contributed by atoms with Gasteiger partial charge in [0.05, 0.1) is 33.9 Å². The Labute approximate surface area is 179 Å². The molecule has 0 fully saturated rings. The number of hydrogen-bond acceptors (Lipinski definition) is 7. The third kappa shape index (κ3) is 3.93. The Morgan fingerprint density at radius 3 is 2.48 bits per heavy atom. The Morgan fingerprint density at radius 1 is 1.10 bits per heavy atom. The number of hydrazone groups is 1. The molecule has 2 aromatic carbocycles. The van der Waals surface area contributed by atoms with Crippen molar-refractivity contribution in [2.45, 2.75) is 6.54 Å². The summed E-state index contributed by atoms with van der Waals surface area (Å²) in [5.74, 6) is 0.573. The minimum Gasteiger partial charge on any atom is -0.258 e. The number of anilines is 1. The molecule has 1 N–H and O–H groups in total. The van der Waals surface area contributed by atoms with Crippen LogP contribution in [0, 0.1) is 10.1 Å². The number of hydrogen-bond donors (Lipinski definition) is 1. The summed E-state index contributed by atoms with van der Waals surface area (Å²) in [5.41, 5.74) is 5.14. The fourth-order valence-corrected chi connectivity index (χ4v) is 3.23.